The van der Waals surface area contributed by atoms with Gasteiger partial charge in [0, 0.05) is 5.41 Å². The van der Waals surface area contributed by atoms with E-state index in [1.165, 1.54) is 25.7 Å². The molecule has 0 bridgehead atoms. The average Bonchev–Trinajstić information content (AvgIpc) is 3.23. The minimum absolute atomic E-state index is 0.208. The first-order chi connectivity index (χ1) is 11.8. The van der Waals surface area contributed by atoms with Crippen molar-refractivity contribution in [2.75, 3.05) is 0 Å². The molecule has 0 unspecified atom stereocenters. The van der Waals surface area contributed by atoms with Crippen LogP contribution in [0.15, 0.2) is 67.9 Å². The maximum atomic E-state index is 2.53. The Balaban J connectivity index is 1.49. The zero-order valence-electron chi connectivity index (χ0n) is 16.6. The van der Waals surface area contributed by atoms with E-state index in [1.807, 2.05) is 0 Å². The second-order valence-electron chi connectivity index (χ2n) is 9.79. The van der Waals surface area contributed by atoms with Crippen molar-refractivity contribution in [1.82, 2.24) is 0 Å². The van der Waals surface area contributed by atoms with Crippen LogP contribution in [-0.2, 0) is 0 Å². The van der Waals surface area contributed by atoms with Crippen LogP contribution in [-0.4, -0.2) is 0 Å². The molecule has 130 valence electrons. The smallest absolute Gasteiger partial charge is 0.0158 e. The Labute approximate surface area is 152 Å². The van der Waals surface area contributed by atoms with Gasteiger partial charge < -0.3 is 0 Å². The maximum absolute atomic E-state index is 2.53. The van der Waals surface area contributed by atoms with Gasteiger partial charge >= 0.3 is 0 Å². The number of fused-ring (bicyclic) bond motifs is 3. The zero-order valence-corrected chi connectivity index (χ0v) is 16.6. The van der Waals surface area contributed by atoms with Gasteiger partial charge in [0.05, 0.1) is 0 Å². The molecule has 0 amide bonds. The van der Waals surface area contributed by atoms with E-state index in [9.17, 15) is 0 Å². The van der Waals surface area contributed by atoms with E-state index < -0.39 is 0 Å². The maximum Gasteiger partial charge on any atom is 0.0158 e. The first-order valence-corrected chi connectivity index (χ1v) is 10.1. The molecule has 25 heavy (non-hydrogen) atoms. The van der Waals surface area contributed by atoms with Crippen molar-refractivity contribution in [3.8, 4) is 0 Å². The Morgan fingerprint density at radius 2 is 1.04 bits per heavy atom. The largest absolute Gasteiger partial charge is 0.0630 e. The fraction of sp³-hybridized carbons (Fsp3) is 0.520. The molecule has 0 saturated heterocycles. The fourth-order valence-corrected chi connectivity index (χ4v) is 5.99. The lowest BCUT2D eigenvalue weighted by molar-refractivity contribution is 0.555. The van der Waals surface area contributed by atoms with Gasteiger partial charge in [-0.05, 0) is 82.1 Å². The molecular weight excluding hydrogens is 300 g/mol. The molecule has 0 N–H and O–H groups in total. The summed E-state index contributed by atoms with van der Waals surface area (Å²) in [6.07, 6.45) is 9.87. The Morgan fingerprint density at radius 1 is 0.640 bits per heavy atom. The highest BCUT2D eigenvalue weighted by atomic mass is 14.5. The predicted octanol–water partition coefficient (Wildman–Crippen LogP) is 6.99. The summed E-state index contributed by atoms with van der Waals surface area (Å²) in [6, 6.07) is 0. The molecular formula is C25H30. The zero-order chi connectivity index (χ0) is 17.7. The number of rotatable bonds is 2. The topological polar surface area (TPSA) is 0 Å². The van der Waals surface area contributed by atoms with Gasteiger partial charge in [0.2, 0.25) is 0 Å². The van der Waals surface area contributed by atoms with Gasteiger partial charge in [-0.2, -0.15) is 0 Å². The molecule has 0 atom stereocenters. The summed E-state index contributed by atoms with van der Waals surface area (Å²) in [5.74, 6) is 1.36. The minimum atomic E-state index is 0.208. The first kappa shape index (κ1) is 15.7. The van der Waals surface area contributed by atoms with Crippen LogP contribution in [0.3, 0.4) is 0 Å². The van der Waals surface area contributed by atoms with Crippen LogP contribution in [0.5, 0.6) is 0 Å². The monoisotopic (exact) mass is 330 g/mol. The van der Waals surface area contributed by atoms with E-state index >= 15 is 0 Å². The molecule has 0 saturated carbocycles. The van der Waals surface area contributed by atoms with Gasteiger partial charge in [0.1, 0.15) is 0 Å². The summed E-state index contributed by atoms with van der Waals surface area (Å²) < 4.78 is 0. The summed E-state index contributed by atoms with van der Waals surface area (Å²) in [7, 11) is 0. The molecule has 0 nitrogen and oxygen atoms in total. The SMILES string of the molecule is CC(C)C1=CC2=C(C1)C1=C(C2)C2=C(C3=C(C=C(C(C)C)C3)C2)C1(C)C. The van der Waals surface area contributed by atoms with Crippen molar-refractivity contribution in [2.24, 2.45) is 17.3 Å². The van der Waals surface area contributed by atoms with Crippen molar-refractivity contribution < 1.29 is 0 Å². The van der Waals surface area contributed by atoms with Crippen molar-refractivity contribution in [2.45, 2.75) is 67.2 Å². The standard InChI is InChI=1S/C25H30/c1-13(2)15-7-17-11-21-22-12-18-8-16(14(3)4)10-20(18)24(22)25(5,6)23(21)19(17)9-15/h7-8,13-14H,9-12H2,1-6H3. The molecule has 0 spiro atoms. The molecule has 5 aliphatic carbocycles. The molecule has 0 aliphatic heterocycles. The minimum Gasteiger partial charge on any atom is -0.0630 e. The van der Waals surface area contributed by atoms with Crippen LogP contribution < -0.4 is 0 Å². The van der Waals surface area contributed by atoms with Crippen LogP contribution in [0.4, 0.5) is 0 Å². The number of hydrogen-bond acceptors (Lipinski definition) is 0. The third kappa shape index (κ3) is 1.89. The lowest BCUT2D eigenvalue weighted by Crippen LogP contribution is -2.17. The van der Waals surface area contributed by atoms with Crippen LogP contribution in [0, 0.1) is 17.3 Å². The summed E-state index contributed by atoms with van der Waals surface area (Å²) >= 11 is 0. The summed E-state index contributed by atoms with van der Waals surface area (Å²) in [5.41, 5.74) is 17.0. The Kier molecular flexibility index (Phi) is 3.00. The molecule has 5 rings (SSSR count). The van der Waals surface area contributed by atoms with Gasteiger partial charge in [0.25, 0.3) is 0 Å². The Morgan fingerprint density at radius 3 is 1.40 bits per heavy atom. The van der Waals surface area contributed by atoms with Crippen LogP contribution >= 0.6 is 0 Å². The molecule has 0 aromatic carbocycles. The number of hydrogen-bond donors (Lipinski definition) is 0. The van der Waals surface area contributed by atoms with E-state index in [0.29, 0.717) is 11.8 Å². The highest BCUT2D eigenvalue weighted by Gasteiger charge is 2.49. The fourth-order valence-electron chi connectivity index (χ4n) is 5.99. The molecule has 0 heterocycles. The van der Waals surface area contributed by atoms with E-state index in [4.69, 9.17) is 0 Å². The van der Waals surface area contributed by atoms with Crippen molar-refractivity contribution in [3.63, 3.8) is 0 Å². The summed E-state index contributed by atoms with van der Waals surface area (Å²) in [4.78, 5) is 0. The van der Waals surface area contributed by atoms with Crippen molar-refractivity contribution in [3.05, 3.63) is 67.9 Å². The lowest BCUT2D eigenvalue weighted by Gasteiger charge is -2.29. The van der Waals surface area contributed by atoms with E-state index in [2.05, 4.69) is 53.7 Å². The summed E-state index contributed by atoms with van der Waals surface area (Å²) in [5, 5.41) is 0. The van der Waals surface area contributed by atoms with Gasteiger partial charge in [-0.25, -0.2) is 0 Å². The van der Waals surface area contributed by atoms with Crippen LogP contribution in [0.25, 0.3) is 0 Å². The van der Waals surface area contributed by atoms with Crippen molar-refractivity contribution in [1.29, 1.82) is 0 Å². The van der Waals surface area contributed by atoms with Gasteiger partial charge in [-0.15, -0.1) is 0 Å². The second kappa shape index (κ2) is 4.78. The van der Waals surface area contributed by atoms with Gasteiger partial charge in [-0.1, -0.05) is 64.8 Å². The first-order valence-electron chi connectivity index (χ1n) is 10.1. The Hall–Kier alpha value is -1.56. The molecule has 0 aromatic heterocycles. The molecule has 5 aliphatic rings. The van der Waals surface area contributed by atoms with E-state index in [0.717, 1.165) is 0 Å². The van der Waals surface area contributed by atoms with Crippen molar-refractivity contribution >= 4 is 0 Å². The quantitative estimate of drug-likeness (QED) is 0.511. The van der Waals surface area contributed by atoms with E-state index in [-0.39, 0.29) is 5.41 Å². The predicted molar refractivity (Wildman–Crippen MR) is 106 cm³/mol. The molecule has 0 radical (unpaired) electrons. The Bertz CT molecular complexity index is 824. The second-order valence-corrected chi connectivity index (χ2v) is 9.79. The van der Waals surface area contributed by atoms with E-state index in [1.54, 1.807) is 55.7 Å². The highest BCUT2D eigenvalue weighted by Crippen LogP contribution is 2.64. The van der Waals surface area contributed by atoms with Crippen LogP contribution in [0.1, 0.15) is 67.2 Å². The average molecular weight is 331 g/mol. The molecule has 0 heteroatoms. The lowest BCUT2D eigenvalue weighted by atomic mass is 9.74. The van der Waals surface area contributed by atoms with Gasteiger partial charge in [0.15, 0.2) is 0 Å². The normalized spacial score (nSPS) is 26.2. The molecule has 0 fully saturated rings. The van der Waals surface area contributed by atoms with Crippen LogP contribution in [0.2, 0.25) is 0 Å². The number of allylic oxidation sites excluding steroid dienone is 12. The third-order valence-electron chi connectivity index (χ3n) is 7.30. The van der Waals surface area contributed by atoms with Gasteiger partial charge in [-0.3, -0.25) is 0 Å². The molecule has 0 aromatic rings. The summed E-state index contributed by atoms with van der Waals surface area (Å²) in [6.45, 7) is 14.4. The third-order valence-corrected chi connectivity index (χ3v) is 7.30. The highest BCUT2D eigenvalue weighted by molar-refractivity contribution is 5.77.